The molecule has 24 heavy (non-hydrogen) atoms. The van der Waals surface area contributed by atoms with E-state index >= 15 is 0 Å². The average Bonchev–Trinajstić information content (AvgIpc) is 2.45. The topological polar surface area (TPSA) is 115 Å². The zero-order valence-corrected chi connectivity index (χ0v) is 14.5. The zero-order chi connectivity index (χ0) is 17.9. The molecular weight excluding hydrogens is 351 g/mol. The summed E-state index contributed by atoms with van der Waals surface area (Å²) in [5.41, 5.74) is 0.930. The predicted octanol–water partition coefficient (Wildman–Crippen LogP) is 3.66. The molecule has 0 spiro atoms. The smallest absolute Gasteiger partial charge is 0.388 e. The second kappa shape index (κ2) is 7.40. The summed E-state index contributed by atoms with van der Waals surface area (Å²) in [6, 6.07) is 10.4. The summed E-state index contributed by atoms with van der Waals surface area (Å²) in [5.74, 6) is -0.564. The highest BCUT2D eigenvalue weighted by atomic mass is 32.7. The van der Waals surface area contributed by atoms with Crippen molar-refractivity contribution in [1.82, 2.24) is 0 Å². The Labute approximate surface area is 143 Å². The van der Waals surface area contributed by atoms with Gasteiger partial charge in [-0.1, -0.05) is 19.1 Å². The van der Waals surface area contributed by atoms with Gasteiger partial charge in [0.1, 0.15) is 11.5 Å². The van der Waals surface area contributed by atoms with Crippen LogP contribution < -0.4 is 0 Å². The number of phenols is 2. The van der Waals surface area contributed by atoms with E-state index in [1.165, 1.54) is 18.2 Å². The highest BCUT2D eigenvalue weighted by molar-refractivity contribution is 8.54. The van der Waals surface area contributed by atoms with Crippen LogP contribution >= 0.6 is 18.2 Å². The highest BCUT2D eigenvalue weighted by Crippen LogP contribution is 2.55. The summed E-state index contributed by atoms with van der Waals surface area (Å²) < 4.78 is 11.2. The third-order valence-corrected chi connectivity index (χ3v) is 5.49. The van der Waals surface area contributed by atoms with Crippen molar-refractivity contribution >= 4 is 24.0 Å². The van der Waals surface area contributed by atoms with Crippen molar-refractivity contribution in [2.75, 3.05) is 0 Å². The third-order valence-electron chi connectivity index (χ3n) is 3.41. The van der Waals surface area contributed by atoms with Crippen LogP contribution in [0.1, 0.15) is 35.2 Å². The fraction of sp³-hybridized carbons (Fsp3) is 0.188. The summed E-state index contributed by atoms with van der Waals surface area (Å²) in [7, 11) is 0. The predicted molar refractivity (Wildman–Crippen MR) is 91.5 cm³/mol. The molecule has 0 aliphatic rings. The molecule has 0 saturated heterocycles. The van der Waals surface area contributed by atoms with Crippen LogP contribution in [0.25, 0.3) is 0 Å². The first-order valence-electron chi connectivity index (χ1n) is 7.06. The van der Waals surface area contributed by atoms with Gasteiger partial charge in [0.25, 0.3) is 0 Å². The maximum atomic E-state index is 12.5. The first kappa shape index (κ1) is 18.5. The van der Waals surface area contributed by atoms with Gasteiger partial charge in [-0.15, -0.1) is 0 Å². The van der Waals surface area contributed by atoms with Crippen molar-refractivity contribution in [2.24, 2.45) is 0 Å². The van der Waals surface area contributed by atoms with Gasteiger partial charge in [-0.05, 0) is 53.2 Å². The van der Waals surface area contributed by atoms with Crippen LogP contribution in [0.3, 0.4) is 0 Å². The number of hydrogen-bond acceptors (Lipinski definition) is 5. The van der Waals surface area contributed by atoms with Crippen LogP contribution in [-0.2, 0) is 4.57 Å². The molecule has 2 aromatic rings. The van der Waals surface area contributed by atoms with E-state index in [9.17, 15) is 19.6 Å². The molecular formula is C16H17O6PS. The van der Waals surface area contributed by atoms with Gasteiger partial charge in [-0.25, -0.2) is 4.57 Å². The molecule has 0 fully saturated rings. The van der Waals surface area contributed by atoms with Crippen molar-refractivity contribution in [3.63, 3.8) is 0 Å². The normalized spacial score (nSPS) is 12.8. The van der Waals surface area contributed by atoms with Gasteiger partial charge in [0.05, 0.1) is 0 Å². The van der Waals surface area contributed by atoms with Crippen molar-refractivity contribution in [3.05, 3.63) is 53.6 Å². The second-order valence-electron chi connectivity index (χ2n) is 5.39. The second-order valence-corrected chi connectivity index (χ2v) is 8.96. The van der Waals surface area contributed by atoms with Gasteiger partial charge in [-0.2, -0.15) is 0 Å². The lowest BCUT2D eigenvalue weighted by molar-refractivity contribution is 0.0973. The van der Waals surface area contributed by atoms with E-state index in [1.54, 1.807) is 18.2 Å². The highest BCUT2D eigenvalue weighted by Gasteiger charge is 2.23. The maximum absolute atomic E-state index is 12.5. The summed E-state index contributed by atoms with van der Waals surface area (Å²) >= 11 is 0.241. The Bertz CT molecular complexity index is 801. The number of ketones is 1. The number of Topliss-reactive ketones (excluding diaryl/α,β-unsaturated/α-hetero) is 1. The molecule has 2 aromatic carbocycles. The average molecular weight is 368 g/mol. The van der Waals surface area contributed by atoms with E-state index in [0.29, 0.717) is 0 Å². The molecule has 0 aliphatic heterocycles. The number of rotatable bonds is 6. The van der Waals surface area contributed by atoms with Crippen LogP contribution in [0.2, 0.25) is 0 Å². The molecule has 0 bridgehead atoms. The Balaban J connectivity index is 2.25. The Morgan fingerprint density at radius 3 is 2.42 bits per heavy atom. The number of hydrogen-bond donors (Lipinski definition) is 4. The molecule has 0 amide bonds. The minimum atomic E-state index is -4.45. The molecule has 4 N–H and O–H groups in total. The minimum Gasteiger partial charge on any atom is -0.508 e. The summed E-state index contributed by atoms with van der Waals surface area (Å²) in [5, 5.41) is 19.0. The first-order chi connectivity index (χ1) is 11.2. The summed E-state index contributed by atoms with van der Waals surface area (Å²) in [4.78, 5) is 30.8. The van der Waals surface area contributed by atoms with E-state index in [1.807, 2.05) is 6.92 Å². The van der Waals surface area contributed by atoms with Crippen LogP contribution in [0.4, 0.5) is 0 Å². The van der Waals surface area contributed by atoms with E-state index in [2.05, 4.69) is 0 Å². The van der Waals surface area contributed by atoms with E-state index in [4.69, 9.17) is 9.79 Å². The molecule has 0 radical (unpaired) electrons. The molecule has 128 valence electrons. The minimum absolute atomic E-state index is 0.0384. The number of carbonyl (C=O) groups excluding carboxylic acids is 1. The molecule has 0 heterocycles. The summed E-state index contributed by atoms with van der Waals surface area (Å²) in [6.45, 7) is -2.63. The van der Waals surface area contributed by atoms with Crippen LogP contribution in [0.15, 0.2) is 47.4 Å². The van der Waals surface area contributed by atoms with Gasteiger partial charge in [0.2, 0.25) is 0 Å². The van der Waals surface area contributed by atoms with E-state index in [0.717, 1.165) is 11.6 Å². The van der Waals surface area contributed by atoms with Crippen molar-refractivity contribution < 1.29 is 29.4 Å². The number of carbonyl (C=O) groups is 1. The molecule has 2 rings (SSSR count). The Morgan fingerprint density at radius 2 is 1.79 bits per heavy atom. The largest absolute Gasteiger partial charge is 0.508 e. The van der Waals surface area contributed by atoms with Gasteiger partial charge in [0, 0.05) is 16.9 Å². The van der Waals surface area contributed by atoms with E-state index in [-0.39, 0.29) is 51.5 Å². The number of aromatic hydroxyl groups is 2. The quantitative estimate of drug-likeness (QED) is 0.454. The van der Waals surface area contributed by atoms with Crippen molar-refractivity contribution in [1.29, 1.82) is 0 Å². The molecule has 1 atom stereocenters. The Hall–Kier alpha value is -1.79. The van der Waals surface area contributed by atoms with Gasteiger partial charge < -0.3 is 20.0 Å². The fourth-order valence-corrected chi connectivity index (χ4v) is 4.21. The zero-order valence-electron chi connectivity index (χ0n) is 12.8. The van der Waals surface area contributed by atoms with Gasteiger partial charge in [-0.3, -0.25) is 4.79 Å². The lowest BCUT2D eigenvalue weighted by Gasteiger charge is -2.14. The first-order valence-corrected chi connectivity index (χ1v) is 10.1. The molecule has 8 heteroatoms. The maximum Gasteiger partial charge on any atom is 0.388 e. The molecule has 0 aromatic heterocycles. The van der Waals surface area contributed by atoms with E-state index < -0.39 is 6.80 Å². The van der Waals surface area contributed by atoms with Gasteiger partial charge in [0.15, 0.2) is 5.78 Å². The number of benzene rings is 2. The van der Waals surface area contributed by atoms with Crippen LogP contribution in [0.5, 0.6) is 11.5 Å². The number of phenolic OH excluding ortho intramolecular Hbond substituents is 2. The lowest BCUT2D eigenvalue weighted by Crippen LogP contribution is -2.06. The SMILES string of the molecule is CC(CC(=O)c1ccc(O)cc1SP(=O)(O)O)c1cccc(O)c1. The monoisotopic (exact) mass is 368 g/mol. The van der Waals surface area contributed by atoms with Crippen LogP contribution in [0, 0.1) is 0 Å². The fourth-order valence-electron chi connectivity index (χ4n) is 2.28. The molecule has 0 saturated carbocycles. The van der Waals surface area contributed by atoms with Crippen molar-refractivity contribution in [2.45, 2.75) is 24.2 Å². The molecule has 0 aliphatic carbocycles. The Morgan fingerprint density at radius 1 is 1.12 bits per heavy atom. The third kappa shape index (κ3) is 5.11. The van der Waals surface area contributed by atoms with Gasteiger partial charge >= 0.3 is 6.80 Å². The molecule has 6 nitrogen and oxygen atoms in total. The van der Waals surface area contributed by atoms with Crippen molar-refractivity contribution in [3.8, 4) is 11.5 Å². The standard InChI is InChI=1S/C16H17O6PS/c1-10(11-3-2-4-12(17)8-11)7-15(19)14-6-5-13(18)9-16(14)24-23(20,21)22/h2-6,8-10,17-18H,7H2,1H3,(H2,20,21,22). The molecule has 1 unspecified atom stereocenters. The van der Waals surface area contributed by atoms with Crippen LogP contribution in [-0.4, -0.2) is 25.8 Å². The Kier molecular flexibility index (Phi) is 5.72. The summed E-state index contributed by atoms with van der Waals surface area (Å²) in [6.07, 6.45) is 0.100. The lowest BCUT2D eigenvalue weighted by atomic mass is 9.93.